The lowest BCUT2D eigenvalue weighted by Crippen LogP contribution is -2.51. The molecule has 0 spiro atoms. The van der Waals surface area contributed by atoms with Gasteiger partial charge in [-0.25, -0.2) is 12.8 Å². The van der Waals surface area contributed by atoms with Crippen LogP contribution in [0.3, 0.4) is 0 Å². The van der Waals surface area contributed by atoms with E-state index in [2.05, 4.69) is 5.32 Å². The van der Waals surface area contributed by atoms with Crippen molar-refractivity contribution in [2.24, 2.45) is 0 Å². The number of carbonyl (C=O) groups excluding carboxylic acids is 2. The number of para-hydroxylation sites is 1. The Labute approximate surface area is 197 Å². The summed E-state index contributed by atoms with van der Waals surface area (Å²) in [7, 11) is -4.00. The van der Waals surface area contributed by atoms with E-state index in [9.17, 15) is 22.4 Å². The highest BCUT2D eigenvalue weighted by Gasteiger charge is 2.30. The maximum Gasteiger partial charge on any atom is 0.244 e. The quantitative estimate of drug-likeness (QED) is 0.567. The molecular weight excluding hydrogens is 480 g/mol. The molecule has 32 heavy (non-hydrogen) atoms. The van der Waals surface area contributed by atoms with Crippen molar-refractivity contribution in [2.45, 2.75) is 26.4 Å². The minimum absolute atomic E-state index is 0.0388. The van der Waals surface area contributed by atoms with Gasteiger partial charge in [0.1, 0.15) is 18.4 Å². The van der Waals surface area contributed by atoms with Crippen LogP contribution in [-0.2, 0) is 26.2 Å². The average molecular weight is 504 g/mol. The number of rotatable bonds is 9. The zero-order valence-corrected chi connectivity index (χ0v) is 20.1. The van der Waals surface area contributed by atoms with Gasteiger partial charge in [0.2, 0.25) is 21.8 Å². The molecule has 0 aliphatic carbocycles. The number of carbonyl (C=O) groups is 2. The van der Waals surface area contributed by atoms with E-state index in [4.69, 9.17) is 23.2 Å². The van der Waals surface area contributed by atoms with Crippen molar-refractivity contribution < 1.29 is 22.4 Å². The Morgan fingerprint density at radius 1 is 1.12 bits per heavy atom. The highest BCUT2D eigenvalue weighted by Crippen LogP contribution is 2.25. The third kappa shape index (κ3) is 6.57. The number of anilines is 1. The normalized spacial score (nSPS) is 12.2. The van der Waals surface area contributed by atoms with E-state index >= 15 is 0 Å². The molecule has 0 saturated carbocycles. The second-order valence-corrected chi connectivity index (χ2v) is 9.78. The maximum atomic E-state index is 14.3. The fourth-order valence-electron chi connectivity index (χ4n) is 2.99. The first-order valence-corrected chi connectivity index (χ1v) is 12.3. The molecular formula is C21H24Cl2FN3O4S. The molecule has 2 rings (SSSR count). The lowest BCUT2D eigenvalue weighted by molar-refractivity contribution is -0.139. The molecule has 0 aliphatic heterocycles. The van der Waals surface area contributed by atoms with Crippen LogP contribution >= 0.6 is 23.2 Å². The van der Waals surface area contributed by atoms with Gasteiger partial charge in [0, 0.05) is 13.1 Å². The Balaban J connectivity index is 2.41. The van der Waals surface area contributed by atoms with Gasteiger partial charge >= 0.3 is 0 Å². The second-order valence-electron chi connectivity index (χ2n) is 7.06. The predicted octanol–water partition coefficient (Wildman–Crippen LogP) is 3.45. The largest absolute Gasteiger partial charge is 0.355 e. The van der Waals surface area contributed by atoms with Crippen LogP contribution in [0.25, 0.3) is 0 Å². The predicted molar refractivity (Wildman–Crippen MR) is 124 cm³/mol. The molecule has 174 valence electrons. The van der Waals surface area contributed by atoms with Crippen LogP contribution in [0, 0.1) is 5.82 Å². The number of hydrogen-bond donors (Lipinski definition) is 1. The van der Waals surface area contributed by atoms with Crippen LogP contribution in [0.1, 0.15) is 19.4 Å². The molecule has 1 atom stereocenters. The zero-order chi connectivity index (χ0) is 24.1. The van der Waals surface area contributed by atoms with Gasteiger partial charge in [-0.2, -0.15) is 0 Å². The third-order valence-corrected chi connectivity index (χ3v) is 6.52. The Bertz CT molecular complexity index is 1100. The summed E-state index contributed by atoms with van der Waals surface area (Å²) in [5, 5.41) is 3.24. The fraction of sp³-hybridized carbons (Fsp3) is 0.333. The first-order chi connectivity index (χ1) is 15.0. The van der Waals surface area contributed by atoms with Crippen molar-refractivity contribution in [3.8, 4) is 0 Å². The highest BCUT2D eigenvalue weighted by molar-refractivity contribution is 7.92. The summed E-state index contributed by atoms with van der Waals surface area (Å²) in [5.41, 5.74) is 0.323. The van der Waals surface area contributed by atoms with Crippen LogP contribution in [0.4, 0.5) is 10.1 Å². The molecule has 0 saturated heterocycles. The van der Waals surface area contributed by atoms with Crippen LogP contribution in [-0.4, -0.2) is 50.5 Å². The standard InChI is InChI=1S/C21H24Cl2FN3O4S/c1-4-25-21(29)14(2)26(12-15-9-10-16(22)17(23)11-15)20(28)13-27(32(3,30)31)19-8-6-5-7-18(19)24/h5-11,14H,4,12-13H2,1-3H3,(H,25,29)/t14-/m0/s1. The molecule has 0 unspecified atom stereocenters. The van der Waals surface area contributed by atoms with Gasteiger partial charge in [-0.05, 0) is 43.7 Å². The van der Waals surface area contributed by atoms with E-state index in [0.717, 1.165) is 12.3 Å². The molecule has 7 nitrogen and oxygen atoms in total. The smallest absolute Gasteiger partial charge is 0.244 e. The summed E-state index contributed by atoms with van der Waals surface area (Å²) in [6.45, 7) is 2.88. The first-order valence-electron chi connectivity index (χ1n) is 9.69. The third-order valence-electron chi connectivity index (χ3n) is 4.66. The van der Waals surface area contributed by atoms with E-state index in [1.807, 2.05) is 0 Å². The summed E-state index contributed by atoms with van der Waals surface area (Å²) in [6, 6.07) is 9.06. The van der Waals surface area contributed by atoms with Gasteiger partial charge in [0.25, 0.3) is 0 Å². The minimum atomic E-state index is -4.00. The van der Waals surface area contributed by atoms with Gasteiger partial charge in [0.15, 0.2) is 0 Å². The lowest BCUT2D eigenvalue weighted by Gasteiger charge is -2.31. The maximum absolute atomic E-state index is 14.3. The van der Waals surface area contributed by atoms with Crippen molar-refractivity contribution in [1.29, 1.82) is 0 Å². The van der Waals surface area contributed by atoms with Gasteiger partial charge in [-0.1, -0.05) is 41.4 Å². The molecule has 0 aromatic heterocycles. The average Bonchev–Trinajstić information content (AvgIpc) is 2.72. The number of hydrogen-bond acceptors (Lipinski definition) is 4. The van der Waals surface area contributed by atoms with E-state index in [-0.39, 0.29) is 17.3 Å². The summed E-state index contributed by atoms with van der Waals surface area (Å²) in [4.78, 5) is 26.9. The zero-order valence-electron chi connectivity index (χ0n) is 17.8. The summed E-state index contributed by atoms with van der Waals surface area (Å²) in [6.07, 6.45) is 0.878. The molecule has 2 aromatic carbocycles. The van der Waals surface area contributed by atoms with Crippen LogP contribution in [0.5, 0.6) is 0 Å². The molecule has 1 N–H and O–H groups in total. The topological polar surface area (TPSA) is 86.8 Å². The molecule has 0 fully saturated rings. The Kier molecular flexibility index (Phi) is 8.89. The number of halogens is 3. The summed E-state index contributed by atoms with van der Waals surface area (Å²) in [5.74, 6) is -1.90. The fourth-order valence-corrected chi connectivity index (χ4v) is 4.16. The number of amides is 2. The Morgan fingerprint density at radius 2 is 1.78 bits per heavy atom. The number of nitrogens with zero attached hydrogens (tertiary/aromatic N) is 2. The van der Waals surface area contributed by atoms with Gasteiger partial charge < -0.3 is 10.2 Å². The van der Waals surface area contributed by atoms with Crippen molar-refractivity contribution in [2.75, 3.05) is 23.7 Å². The van der Waals surface area contributed by atoms with E-state index < -0.39 is 40.2 Å². The molecule has 0 aliphatic rings. The van der Waals surface area contributed by atoms with Crippen molar-refractivity contribution in [3.05, 3.63) is 63.9 Å². The number of sulfonamides is 1. The first kappa shape index (κ1) is 25.9. The van der Waals surface area contributed by atoms with Crippen LogP contribution in [0.15, 0.2) is 42.5 Å². The van der Waals surface area contributed by atoms with Crippen molar-refractivity contribution in [1.82, 2.24) is 10.2 Å². The monoisotopic (exact) mass is 503 g/mol. The van der Waals surface area contributed by atoms with E-state index in [0.29, 0.717) is 21.4 Å². The number of nitrogens with one attached hydrogen (secondary N) is 1. The molecule has 0 bridgehead atoms. The van der Waals surface area contributed by atoms with Gasteiger partial charge in [-0.15, -0.1) is 0 Å². The highest BCUT2D eigenvalue weighted by atomic mass is 35.5. The van der Waals surface area contributed by atoms with E-state index in [1.165, 1.54) is 30.0 Å². The van der Waals surface area contributed by atoms with Gasteiger partial charge in [-0.3, -0.25) is 13.9 Å². The van der Waals surface area contributed by atoms with Crippen LogP contribution in [0.2, 0.25) is 10.0 Å². The minimum Gasteiger partial charge on any atom is -0.355 e. The molecule has 0 heterocycles. The Hall–Kier alpha value is -2.36. The summed E-state index contributed by atoms with van der Waals surface area (Å²) < 4.78 is 39.7. The lowest BCUT2D eigenvalue weighted by atomic mass is 10.1. The number of likely N-dealkylation sites (N-methyl/N-ethyl adjacent to an activating group) is 1. The summed E-state index contributed by atoms with van der Waals surface area (Å²) >= 11 is 12.0. The number of benzene rings is 2. The molecule has 2 aromatic rings. The van der Waals surface area contributed by atoms with Gasteiger partial charge in [0.05, 0.1) is 22.0 Å². The molecule has 2 amide bonds. The van der Waals surface area contributed by atoms with Crippen LogP contribution < -0.4 is 9.62 Å². The Morgan fingerprint density at radius 3 is 2.34 bits per heavy atom. The molecule has 0 radical (unpaired) electrons. The van der Waals surface area contributed by atoms with E-state index in [1.54, 1.807) is 25.1 Å². The van der Waals surface area contributed by atoms with Crippen molar-refractivity contribution >= 4 is 50.7 Å². The second kappa shape index (κ2) is 11.0. The van der Waals surface area contributed by atoms with Crippen molar-refractivity contribution in [3.63, 3.8) is 0 Å². The SMILES string of the molecule is CCNC(=O)[C@H](C)N(Cc1ccc(Cl)c(Cl)c1)C(=O)CN(c1ccccc1F)S(C)(=O)=O. The molecule has 11 heteroatoms.